The number of rotatable bonds is 7. The van der Waals surface area contributed by atoms with Crippen molar-refractivity contribution in [1.29, 1.82) is 0 Å². The van der Waals surface area contributed by atoms with Gasteiger partial charge in [0.05, 0.1) is 37.4 Å². The maximum atomic E-state index is 12.4. The van der Waals surface area contributed by atoms with Gasteiger partial charge in [-0.15, -0.1) is 10.2 Å². The van der Waals surface area contributed by atoms with Crippen molar-refractivity contribution < 1.29 is 9.53 Å². The molecule has 1 amide bonds. The lowest BCUT2D eigenvalue weighted by atomic mass is 10.0. The standard InChI is InChI=1S/C21H21N7O2S/c1-13-16(7-8-17(25-13)15-11-30-12-15)23-9-18(26-22)20(29)24-10-19-27-28-21(31-19)14-5-3-2-4-6-14/h2-9,15H,10-12,22H2,1H3,(H,24,29)/b23-9?,26-18+. The molecule has 158 valence electrons. The number of hydrogen-bond acceptors (Lipinski definition) is 9. The first-order valence-electron chi connectivity index (χ1n) is 9.67. The number of amides is 1. The van der Waals surface area contributed by atoms with Crippen LogP contribution in [0.15, 0.2) is 52.6 Å². The zero-order chi connectivity index (χ0) is 21.6. The highest BCUT2D eigenvalue weighted by Gasteiger charge is 2.22. The van der Waals surface area contributed by atoms with E-state index in [1.54, 1.807) is 0 Å². The minimum atomic E-state index is -0.448. The number of nitrogens with two attached hydrogens (primary N) is 1. The number of carbonyl (C=O) groups is 1. The van der Waals surface area contributed by atoms with Crippen molar-refractivity contribution in [1.82, 2.24) is 20.5 Å². The molecule has 0 unspecified atom stereocenters. The van der Waals surface area contributed by atoms with E-state index in [0.717, 1.165) is 22.0 Å². The highest BCUT2D eigenvalue weighted by molar-refractivity contribution is 7.14. The molecule has 2 aromatic heterocycles. The summed E-state index contributed by atoms with van der Waals surface area (Å²) in [6.45, 7) is 3.48. The summed E-state index contributed by atoms with van der Waals surface area (Å²) in [4.78, 5) is 21.3. The fourth-order valence-electron chi connectivity index (χ4n) is 2.89. The summed E-state index contributed by atoms with van der Waals surface area (Å²) in [5.74, 6) is 5.29. The predicted octanol–water partition coefficient (Wildman–Crippen LogP) is 2.36. The van der Waals surface area contributed by atoms with Crippen LogP contribution >= 0.6 is 11.3 Å². The van der Waals surface area contributed by atoms with Crippen LogP contribution in [0.5, 0.6) is 0 Å². The second kappa shape index (κ2) is 9.54. The molecule has 3 aromatic rings. The molecule has 31 heavy (non-hydrogen) atoms. The van der Waals surface area contributed by atoms with Crippen molar-refractivity contribution in [2.45, 2.75) is 19.4 Å². The lowest BCUT2D eigenvalue weighted by molar-refractivity contribution is -0.114. The first kappa shape index (κ1) is 20.8. The van der Waals surface area contributed by atoms with Crippen LogP contribution in [0.25, 0.3) is 10.6 Å². The monoisotopic (exact) mass is 435 g/mol. The summed E-state index contributed by atoms with van der Waals surface area (Å²) >= 11 is 1.41. The lowest BCUT2D eigenvalue weighted by Gasteiger charge is -2.25. The Balaban J connectivity index is 1.36. The molecule has 0 saturated carbocycles. The van der Waals surface area contributed by atoms with Crippen LogP contribution < -0.4 is 11.2 Å². The van der Waals surface area contributed by atoms with E-state index in [1.807, 2.05) is 49.4 Å². The van der Waals surface area contributed by atoms with E-state index < -0.39 is 5.91 Å². The maximum absolute atomic E-state index is 12.4. The van der Waals surface area contributed by atoms with Gasteiger partial charge in [0.15, 0.2) is 5.71 Å². The number of pyridine rings is 1. The molecule has 0 radical (unpaired) electrons. The van der Waals surface area contributed by atoms with Gasteiger partial charge >= 0.3 is 0 Å². The van der Waals surface area contributed by atoms with Gasteiger partial charge in [-0.25, -0.2) is 0 Å². The zero-order valence-electron chi connectivity index (χ0n) is 16.9. The molecule has 1 aliphatic rings. The number of ether oxygens (including phenoxy) is 1. The topological polar surface area (TPSA) is 128 Å². The molecule has 0 atom stereocenters. The molecule has 0 bridgehead atoms. The van der Waals surface area contributed by atoms with Crippen molar-refractivity contribution in [2.75, 3.05) is 13.2 Å². The van der Waals surface area contributed by atoms with Gasteiger partial charge in [-0.1, -0.05) is 41.7 Å². The Hall–Kier alpha value is -3.50. The van der Waals surface area contributed by atoms with E-state index in [-0.39, 0.29) is 12.3 Å². The molecule has 1 saturated heterocycles. The van der Waals surface area contributed by atoms with E-state index >= 15 is 0 Å². The van der Waals surface area contributed by atoms with Gasteiger partial charge in [-0.3, -0.25) is 14.8 Å². The number of carbonyl (C=O) groups excluding carboxylic acids is 1. The second-order valence-corrected chi connectivity index (χ2v) is 7.96. The van der Waals surface area contributed by atoms with Gasteiger partial charge in [0.2, 0.25) is 0 Å². The average Bonchev–Trinajstić information content (AvgIpc) is 3.22. The Morgan fingerprint density at radius 2 is 2.06 bits per heavy atom. The number of benzene rings is 1. The number of nitrogens with zero attached hydrogens (tertiary/aromatic N) is 5. The fourth-order valence-corrected chi connectivity index (χ4v) is 3.68. The zero-order valence-corrected chi connectivity index (χ0v) is 17.7. The summed E-state index contributed by atoms with van der Waals surface area (Å²) in [5.41, 5.74) is 3.38. The molecular formula is C21H21N7O2S. The van der Waals surface area contributed by atoms with Crippen LogP contribution in [0.2, 0.25) is 0 Å². The molecular weight excluding hydrogens is 414 g/mol. The van der Waals surface area contributed by atoms with Crippen LogP contribution in [-0.2, 0) is 16.1 Å². The van der Waals surface area contributed by atoms with E-state index in [2.05, 4.69) is 30.6 Å². The van der Waals surface area contributed by atoms with E-state index in [0.29, 0.717) is 29.8 Å². The van der Waals surface area contributed by atoms with E-state index in [4.69, 9.17) is 10.6 Å². The van der Waals surface area contributed by atoms with Crippen LogP contribution in [-0.4, -0.2) is 46.2 Å². The summed E-state index contributed by atoms with van der Waals surface area (Å²) < 4.78 is 5.21. The molecule has 1 aromatic carbocycles. The van der Waals surface area contributed by atoms with Crippen molar-refractivity contribution in [3.8, 4) is 10.6 Å². The number of nitrogens with one attached hydrogen (secondary N) is 1. The largest absolute Gasteiger partial charge is 0.380 e. The van der Waals surface area contributed by atoms with Gasteiger partial charge in [0.25, 0.3) is 5.91 Å². The number of aryl methyl sites for hydroxylation is 1. The maximum Gasteiger partial charge on any atom is 0.273 e. The fraction of sp³-hybridized carbons (Fsp3) is 0.238. The minimum Gasteiger partial charge on any atom is -0.380 e. The minimum absolute atomic E-state index is 0.00340. The van der Waals surface area contributed by atoms with Crippen LogP contribution in [0.1, 0.15) is 22.3 Å². The molecule has 9 nitrogen and oxygen atoms in total. The third-order valence-electron chi connectivity index (χ3n) is 4.72. The molecule has 3 N–H and O–H groups in total. The first-order valence-corrected chi connectivity index (χ1v) is 10.5. The molecule has 1 aliphatic heterocycles. The van der Waals surface area contributed by atoms with Gasteiger partial charge < -0.3 is 15.9 Å². The third kappa shape index (κ3) is 4.98. The van der Waals surface area contributed by atoms with E-state index in [9.17, 15) is 4.79 Å². The SMILES string of the molecule is Cc1nc(C2COC2)ccc1N=C/C(=N\N)C(=O)NCc1nnc(-c2ccccc2)s1. The Bertz CT molecular complexity index is 1120. The molecule has 0 aliphatic carbocycles. The van der Waals surface area contributed by atoms with Crippen molar-refractivity contribution in [2.24, 2.45) is 15.9 Å². The number of aromatic nitrogens is 3. The van der Waals surface area contributed by atoms with Crippen molar-refractivity contribution in [3.63, 3.8) is 0 Å². The van der Waals surface area contributed by atoms with Gasteiger partial charge in [-0.2, -0.15) is 5.10 Å². The summed E-state index contributed by atoms with van der Waals surface area (Å²) in [7, 11) is 0. The number of hydrogen-bond donors (Lipinski definition) is 2. The summed E-state index contributed by atoms with van der Waals surface area (Å²) in [5, 5.41) is 16.0. The Labute approximate surface area is 183 Å². The third-order valence-corrected chi connectivity index (χ3v) is 5.69. The second-order valence-electron chi connectivity index (χ2n) is 6.90. The summed E-state index contributed by atoms with van der Waals surface area (Å²) in [6, 6.07) is 13.5. The quantitative estimate of drug-likeness (QED) is 0.333. The molecule has 3 heterocycles. The highest BCUT2D eigenvalue weighted by atomic mass is 32.1. The number of hydrazone groups is 1. The first-order chi connectivity index (χ1) is 15.1. The predicted molar refractivity (Wildman–Crippen MR) is 120 cm³/mol. The Kier molecular flexibility index (Phi) is 6.39. The number of aliphatic imine (C=N–C) groups is 1. The molecule has 4 rings (SSSR count). The lowest BCUT2D eigenvalue weighted by Crippen LogP contribution is -2.32. The smallest absolute Gasteiger partial charge is 0.273 e. The van der Waals surface area contributed by atoms with Crippen LogP contribution in [0, 0.1) is 6.92 Å². The normalized spacial score (nSPS) is 14.5. The average molecular weight is 436 g/mol. The molecule has 0 spiro atoms. The van der Waals surface area contributed by atoms with E-state index in [1.165, 1.54) is 17.6 Å². The molecule has 1 fully saturated rings. The van der Waals surface area contributed by atoms with Crippen molar-refractivity contribution >= 4 is 34.9 Å². The summed E-state index contributed by atoms with van der Waals surface area (Å²) in [6.07, 6.45) is 1.33. The van der Waals surface area contributed by atoms with Crippen molar-refractivity contribution in [3.05, 3.63) is 58.9 Å². The molecule has 10 heteroatoms. The Morgan fingerprint density at radius 3 is 2.74 bits per heavy atom. The Morgan fingerprint density at radius 1 is 1.26 bits per heavy atom. The van der Waals surface area contributed by atoms with Crippen LogP contribution in [0.4, 0.5) is 5.69 Å². The highest BCUT2D eigenvalue weighted by Crippen LogP contribution is 2.25. The van der Waals surface area contributed by atoms with Gasteiger partial charge in [0, 0.05) is 17.2 Å². The van der Waals surface area contributed by atoms with Crippen LogP contribution in [0.3, 0.4) is 0 Å². The van der Waals surface area contributed by atoms with Gasteiger partial charge in [-0.05, 0) is 19.1 Å². The van der Waals surface area contributed by atoms with Gasteiger partial charge in [0.1, 0.15) is 10.0 Å².